The molecule has 35 heavy (non-hydrogen) atoms. The summed E-state index contributed by atoms with van der Waals surface area (Å²) in [5.74, 6) is -1.38. The quantitative estimate of drug-likeness (QED) is 0.432. The van der Waals surface area contributed by atoms with E-state index in [9.17, 15) is 22.4 Å². The van der Waals surface area contributed by atoms with Gasteiger partial charge in [0.1, 0.15) is 11.9 Å². The Morgan fingerprint density at radius 2 is 1.46 bits per heavy atom. The first-order chi connectivity index (χ1) is 16.6. The van der Waals surface area contributed by atoms with Crippen LogP contribution in [0.25, 0.3) is 0 Å². The zero-order valence-corrected chi connectivity index (χ0v) is 20.6. The van der Waals surface area contributed by atoms with Gasteiger partial charge in [-0.1, -0.05) is 56.3 Å². The van der Waals surface area contributed by atoms with Crippen LogP contribution in [-0.4, -0.2) is 30.6 Å². The molecule has 182 valence electrons. The Bertz CT molecular complexity index is 1320. The zero-order chi connectivity index (χ0) is 25.3. The molecule has 0 aliphatic carbocycles. The minimum absolute atomic E-state index is 0.151. The van der Waals surface area contributed by atoms with Gasteiger partial charge in [0.2, 0.25) is 15.9 Å². The maximum atomic E-state index is 13.8. The topological polar surface area (TPSA) is 74.8 Å². The second-order valence-electron chi connectivity index (χ2n) is 8.91. The third-order valence-electron chi connectivity index (χ3n) is 6.30. The highest BCUT2D eigenvalue weighted by molar-refractivity contribution is 7.89. The Morgan fingerprint density at radius 3 is 2.03 bits per heavy atom. The Labute approximate surface area is 205 Å². The average molecular weight is 495 g/mol. The molecule has 2 atom stereocenters. The number of carbonyl (C=O) groups is 2. The molecule has 1 heterocycles. The maximum Gasteiger partial charge on any atom is 0.252 e. The number of imide groups is 1. The first-order valence-corrected chi connectivity index (χ1v) is 12.9. The van der Waals surface area contributed by atoms with Crippen LogP contribution in [0.4, 0.5) is 10.1 Å². The SMILES string of the molecule is CC(C)c1ccc(N2C(=O)CC(N(C(C)c3ccccc3)S(=O)(=O)c3ccc(F)cc3)C2=O)cc1. The Balaban J connectivity index is 1.76. The number of carbonyl (C=O) groups excluding carboxylic acids is 2. The second-order valence-corrected chi connectivity index (χ2v) is 10.8. The molecule has 2 unspecified atom stereocenters. The fourth-order valence-electron chi connectivity index (χ4n) is 4.35. The lowest BCUT2D eigenvalue weighted by molar-refractivity contribution is -0.122. The summed E-state index contributed by atoms with van der Waals surface area (Å²) in [6, 6.07) is 18.5. The van der Waals surface area contributed by atoms with E-state index >= 15 is 0 Å². The summed E-state index contributed by atoms with van der Waals surface area (Å²) < 4.78 is 42.2. The second kappa shape index (κ2) is 9.71. The summed E-state index contributed by atoms with van der Waals surface area (Å²) in [5.41, 5.74) is 2.12. The molecule has 0 spiro atoms. The van der Waals surface area contributed by atoms with E-state index in [2.05, 4.69) is 0 Å². The van der Waals surface area contributed by atoms with Crippen molar-refractivity contribution in [1.29, 1.82) is 0 Å². The van der Waals surface area contributed by atoms with Gasteiger partial charge in [-0.05, 0) is 60.4 Å². The van der Waals surface area contributed by atoms with E-state index < -0.39 is 39.7 Å². The van der Waals surface area contributed by atoms with Gasteiger partial charge in [-0.25, -0.2) is 17.7 Å². The average Bonchev–Trinajstić information content (AvgIpc) is 3.13. The predicted molar refractivity (Wildman–Crippen MR) is 132 cm³/mol. The molecule has 0 saturated carbocycles. The number of nitrogens with zero attached hydrogens (tertiary/aromatic N) is 2. The van der Waals surface area contributed by atoms with E-state index in [0.717, 1.165) is 26.9 Å². The molecule has 4 rings (SSSR count). The molecular weight excluding hydrogens is 467 g/mol. The molecule has 8 heteroatoms. The third-order valence-corrected chi connectivity index (χ3v) is 8.29. The lowest BCUT2D eigenvalue weighted by Crippen LogP contribution is -2.46. The molecule has 0 radical (unpaired) electrons. The van der Waals surface area contributed by atoms with Crippen molar-refractivity contribution in [2.75, 3.05) is 4.90 Å². The third kappa shape index (κ3) is 4.76. The normalized spacial score (nSPS) is 17.4. The number of hydrogen-bond donors (Lipinski definition) is 0. The summed E-state index contributed by atoms with van der Waals surface area (Å²) in [6.45, 7) is 5.76. The minimum Gasteiger partial charge on any atom is -0.274 e. The van der Waals surface area contributed by atoms with Crippen molar-refractivity contribution in [3.8, 4) is 0 Å². The van der Waals surface area contributed by atoms with Gasteiger partial charge in [-0.15, -0.1) is 0 Å². The van der Waals surface area contributed by atoms with Crippen molar-refractivity contribution >= 4 is 27.5 Å². The highest BCUT2D eigenvalue weighted by Gasteiger charge is 2.48. The largest absolute Gasteiger partial charge is 0.274 e. The molecule has 0 N–H and O–H groups in total. The number of amides is 2. The van der Waals surface area contributed by atoms with Gasteiger partial charge in [0.25, 0.3) is 5.91 Å². The molecule has 3 aromatic carbocycles. The van der Waals surface area contributed by atoms with E-state index in [1.54, 1.807) is 43.3 Å². The van der Waals surface area contributed by atoms with Gasteiger partial charge < -0.3 is 0 Å². The molecule has 1 aliphatic heterocycles. The van der Waals surface area contributed by atoms with E-state index in [1.807, 2.05) is 32.0 Å². The van der Waals surface area contributed by atoms with Crippen molar-refractivity contribution in [3.05, 3.63) is 95.8 Å². The van der Waals surface area contributed by atoms with Crippen LogP contribution >= 0.6 is 0 Å². The minimum atomic E-state index is -4.26. The zero-order valence-electron chi connectivity index (χ0n) is 19.8. The predicted octanol–water partition coefficient (Wildman–Crippen LogP) is 5.03. The van der Waals surface area contributed by atoms with Gasteiger partial charge >= 0.3 is 0 Å². The monoisotopic (exact) mass is 494 g/mol. The first-order valence-electron chi connectivity index (χ1n) is 11.4. The molecule has 0 bridgehead atoms. The fraction of sp³-hybridized carbons (Fsp3) is 0.259. The first kappa shape index (κ1) is 24.8. The molecule has 2 amide bonds. The van der Waals surface area contributed by atoms with Gasteiger partial charge in [0.05, 0.1) is 17.0 Å². The van der Waals surface area contributed by atoms with Crippen LogP contribution in [0.15, 0.2) is 83.8 Å². The van der Waals surface area contributed by atoms with Crippen molar-refractivity contribution < 1.29 is 22.4 Å². The van der Waals surface area contributed by atoms with E-state index in [1.165, 1.54) is 12.1 Å². The summed E-state index contributed by atoms with van der Waals surface area (Å²) in [6.07, 6.45) is -0.289. The summed E-state index contributed by atoms with van der Waals surface area (Å²) in [5, 5.41) is 0. The van der Waals surface area contributed by atoms with Crippen LogP contribution in [0.3, 0.4) is 0 Å². The molecule has 1 fully saturated rings. The Hall–Kier alpha value is -3.36. The van der Waals surface area contributed by atoms with Crippen LogP contribution in [0.1, 0.15) is 50.3 Å². The standard InChI is InChI=1S/C27H27FN2O4S/c1-18(2)20-9-13-23(14-10-20)29-26(31)17-25(27(29)32)30(19(3)21-7-5-4-6-8-21)35(33,34)24-15-11-22(28)12-16-24/h4-16,18-19,25H,17H2,1-3H3. The fourth-order valence-corrected chi connectivity index (χ4v) is 6.11. The molecule has 1 saturated heterocycles. The van der Waals surface area contributed by atoms with E-state index in [-0.39, 0.29) is 17.2 Å². The lowest BCUT2D eigenvalue weighted by atomic mass is 10.0. The Kier molecular flexibility index (Phi) is 6.87. The molecule has 1 aliphatic rings. The number of halogens is 1. The van der Waals surface area contributed by atoms with Gasteiger partial charge in [0.15, 0.2) is 0 Å². The number of sulfonamides is 1. The van der Waals surface area contributed by atoms with Crippen LogP contribution in [-0.2, 0) is 19.6 Å². The lowest BCUT2D eigenvalue weighted by Gasteiger charge is -2.32. The highest BCUT2D eigenvalue weighted by atomic mass is 32.2. The van der Waals surface area contributed by atoms with Crippen LogP contribution in [0.5, 0.6) is 0 Å². The van der Waals surface area contributed by atoms with Crippen LogP contribution in [0, 0.1) is 5.82 Å². The molecular formula is C27H27FN2O4S. The van der Waals surface area contributed by atoms with Crippen LogP contribution in [0.2, 0.25) is 0 Å². The van der Waals surface area contributed by atoms with Gasteiger partial charge in [-0.3, -0.25) is 9.59 Å². The summed E-state index contributed by atoms with van der Waals surface area (Å²) in [4.78, 5) is 27.5. The van der Waals surface area contributed by atoms with E-state index in [0.29, 0.717) is 11.3 Å². The number of hydrogen-bond acceptors (Lipinski definition) is 4. The van der Waals surface area contributed by atoms with Gasteiger partial charge in [0, 0.05) is 6.04 Å². The molecule has 0 aromatic heterocycles. The van der Waals surface area contributed by atoms with Crippen molar-refractivity contribution in [3.63, 3.8) is 0 Å². The number of rotatable bonds is 7. The Morgan fingerprint density at radius 1 is 0.857 bits per heavy atom. The maximum absolute atomic E-state index is 13.8. The van der Waals surface area contributed by atoms with Gasteiger partial charge in [-0.2, -0.15) is 4.31 Å². The van der Waals surface area contributed by atoms with Crippen LogP contribution < -0.4 is 4.90 Å². The molecule has 6 nitrogen and oxygen atoms in total. The summed E-state index contributed by atoms with van der Waals surface area (Å²) in [7, 11) is -4.26. The van der Waals surface area contributed by atoms with Crippen molar-refractivity contribution in [2.45, 2.75) is 50.1 Å². The highest BCUT2D eigenvalue weighted by Crippen LogP contribution is 2.36. The summed E-state index contributed by atoms with van der Waals surface area (Å²) >= 11 is 0. The van der Waals surface area contributed by atoms with E-state index in [4.69, 9.17) is 0 Å². The van der Waals surface area contributed by atoms with Crippen molar-refractivity contribution in [1.82, 2.24) is 4.31 Å². The van der Waals surface area contributed by atoms with Crippen molar-refractivity contribution in [2.24, 2.45) is 0 Å². The number of anilines is 1. The number of benzene rings is 3. The molecule has 3 aromatic rings. The smallest absolute Gasteiger partial charge is 0.252 e.